The predicted molar refractivity (Wildman–Crippen MR) is 81.9 cm³/mol. The van der Waals surface area contributed by atoms with Crippen molar-refractivity contribution in [3.63, 3.8) is 0 Å². The number of benzene rings is 2. The number of nitrogen functional groups attached to an aromatic ring is 1. The summed E-state index contributed by atoms with van der Waals surface area (Å²) in [6.45, 7) is 1.98. The molecular formula is C16H16FN3. The highest BCUT2D eigenvalue weighted by atomic mass is 19.1. The van der Waals surface area contributed by atoms with Gasteiger partial charge in [0.05, 0.1) is 11.4 Å². The van der Waals surface area contributed by atoms with Gasteiger partial charge in [-0.05, 0) is 25.1 Å². The molecule has 0 aliphatic rings. The zero-order chi connectivity index (χ0) is 14.3. The number of aromatic amines is 1. The van der Waals surface area contributed by atoms with Gasteiger partial charge in [-0.15, -0.1) is 0 Å². The molecule has 4 heteroatoms. The van der Waals surface area contributed by atoms with E-state index in [-0.39, 0.29) is 5.82 Å². The first-order valence-electron chi connectivity index (χ1n) is 6.44. The lowest BCUT2D eigenvalue weighted by atomic mass is 10.1. The Morgan fingerprint density at radius 1 is 1.05 bits per heavy atom. The number of hydrogen-bond acceptors (Lipinski definition) is 2. The molecule has 0 saturated heterocycles. The fraction of sp³-hybridized carbons (Fsp3) is 0.125. The number of halogens is 1. The second kappa shape index (κ2) is 4.56. The van der Waals surface area contributed by atoms with Crippen LogP contribution in [0.5, 0.6) is 0 Å². The monoisotopic (exact) mass is 269 g/mol. The van der Waals surface area contributed by atoms with Gasteiger partial charge in [-0.25, -0.2) is 4.39 Å². The van der Waals surface area contributed by atoms with Crippen LogP contribution in [0.25, 0.3) is 10.9 Å². The number of fused-ring (bicyclic) bond motifs is 1. The van der Waals surface area contributed by atoms with Gasteiger partial charge < -0.3 is 15.6 Å². The van der Waals surface area contributed by atoms with Crippen molar-refractivity contribution in [2.45, 2.75) is 6.92 Å². The minimum atomic E-state index is -0.322. The van der Waals surface area contributed by atoms with Gasteiger partial charge in [-0.2, -0.15) is 0 Å². The molecule has 2 aromatic carbocycles. The van der Waals surface area contributed by atoms with Crippen molar-refractivity contribution in [3.05, 3.63) is 54.0 Å². The van der Waals surface area contributed by atoms with Crippen LogP contribution in [0.1, 0.15) is 5.69 Å². The van der Waals surface area contributed by atoms with E-state index in [0.717, 1.165) is 22.3 Å². The van der Waals surface area contributed by atoms with Gasteiger partial charge in [0.25, 0.3) is 0 Å². The van der Waals surface area contributed by atoms with Gasteiger partial charge in [0, 0.05) is 23.6 Å². The Labute approximate surface area is 116 Å². The molecule has 0 saturated carbocycles. The molecule has 20 heavy (non-hydrogen) atoms. The van der Waals surface area contributed by atoms with Crippen LogP contribution in [-0.4, -0.2) is 12.0 Å². The molecule has 3 rings (SSSR count). The second-order valence-corrected chi connectivity index (χ2v) is 4.88. The number of H-pyrrole nitrogens is 1. The van der Waals surface area contributed by atoms with Crippen molar-refractivity contribution in [2.75, 3.05) is 17.7 Å². The summed E-state index contributed by atoms with van der Waals surface area (Å²) >= 11 is 0. The lowest BCUT2D eigenvalue weighted by Gasteiger charge is -2.22. The highest BCUT2D eigenvalue weighted by Crippen LogP contribution is 2.37. The molecule has 0 aliphatic carbocycles. The minimum Gasteiger partial charge on any atom is -0.397 e. The smallest absolute Gasteiger partial charge is 0.148 e. The maximum atomic E-state index is 14.1. The SMILES string of the molecule is Cc1[nH]c2ccccc2c1N(C)c1c(N)cccc1F. The lowest BCUT2D eigenvalue weighted by Crippen LogP contribution is -2.14. The molecule has 3 N–H and O–H groups in total. The first-order valence-corrected chi connectivity index (χ1v) is 6.44. The van der Waals surface area contributed by atoms with Crippen molar-refractivity contribution >= 4 is 28.0 Å². The minimum absolute atomic E-state index is 0.322. The van der Waals surface area contributed by atoms with Crippen molar-refractivity contribution < 1.29 is 4.39 Å². The van der Waals surface area contributed by atoms with Crippen LogP contribution >= 0.6 is 0 Å². The Morgan fingerprint density at radius 3 is 2.55 bits per heavy atom. The average Bonchev–Trinajstić information content (AvgIpc) is 2.74. The third-order valence-corrected chi connectivity index (χ3v) is 3.55. The van der Waals surface area contributed by atoms with E-state index >= 15 is 0 Å². The van der Waals surface area contributed by atoms with Crippen LogP contribution in [0, 0.1) is 12.7 Å². The van der Waals surface area contributed by atoms with E-state index in [1.165, 1.54) is 6.07 Å². The van der Waals surface area contributed by atoms with E-state index in [1.807, 2.05) is 38.2 Å². The maximum absolute atomic E-state index is 14.1. The van der Waals surface area contributed by atoms with Gasteiger partial charge >= 0.3 is 0 Å². The molecule has 3 nitrogen and oxygen atoms in total. The van der Waals surface area contributed by atoms with Gasteiger partial charge in [-0.3, -0.25) is 0 Å². The number of nitrogens with one attached hydrogen (secondary N) is 1. The first-order chi connectivity index (χ1) is 9.59. The van der Waals surface area contributed by atoms with E-state index in [0.29, 0.717) is 11.4 Å². The number of anilines is 3. The van der Waals surface area contributed by atoms with Crippen molar-refractivity contribution in [1.82, 2.24) is 4.98 Å². The largest absolute Gasteiger partial charge is 0.397 e. The third kappa shape index (κ3) is 1.81. The molecule has 1 aromatic heterocycles. The fourth-order valence-electron chi connectivity index (χ4n) is 2.69. The van der Waals surface area contributed by atoms with E-state index in [1.54, 1.807) is 17.0 Å². The fourth-order valence-corrected chi connectivity index (χ4v) is 2.69. The van der Waals surface area contributed by atoms with Crippen molar-refractivity contribution in [2.24, 2.45) is 0 Å². The first kappa shape index (κ1) is 12.5. The molecule has 0 amide bonds. The Bertz CT molecular complexity index is 756. The summed E-state index contributed by atoms with van der Waals surface area (Å²) in [6.07, 6.45) is 0. The number of nitrogens with zero attached hydrogens (tertiary/aromatic N) is 1. The lowest BCUT2D eigenvalue weighted by molar-refractivity contribution is 0.628. The zero-order valence-electron chi connectivity index (χ0n) is 11.4. The Kier molecular flexibility index (Phi) is 2.86. The van der Waals surface area contributed by atoms with Gasteiger partial charge in [0.2, 0.25) is 0 Å². The standard InChI is InChI=1S/C16H16FN3/c1-10-15(11-6-3-4-9-14(11)19-10)20(2)16-12(17)7-5-8-13(16)18/h3-9,19H,18H2,1-2H3. The molecule has 0 aliphatic heterocycles. The van der Waals surface area contributed by atoms with E-state index in [9.17, 15) is 4.39 Å². The van der Waals surface area contributed by atoms with E-state index in [2.05, 4.69) is 4.98 Å². The summed E-state index contributed by atoms with van der Waals surface area (Å²) in [6, 6.07) is 12.7. The number of hydrogen-bond donors (Lipinski definition) is 2. The predicted octanol–water partition coefficient (Wildman–Crippen LogP) is 3.97. The number of nitrogens with two attached hydrogens (primary N) is 1. The summed E-state index contributed by atoms with van der Waals surface area (Å²) in [4.78, 5) is 5.12. The molecule has 1 heterocycles. The highest BCUT2D eigenvalue weighted by molar-refractivity contribution is 5.97. The summed E-state index contributed by atoms with van der Waals surface area (Å²) in [5.41, 5.74) is 9.72. The van der Waals surface area contributed by atoms with E-state index < -0.39 is 0 Å². The summed E-state index contributed by atoms with van der Waals surface area (Å²) in [5, 5.41) is 1.05. The average molecular weight is 269 g/mol. The van der Waals surface area contributed by atoms with Crippen LogP contribution in [0.15, 0.2) is 42.5 Å². The number of aromatic nitrogens is 1. The summed E-state index contributed by atoms with van der Waals surface area (Å²) < 4.78 is 14.1. The van der Waals surface area contributed by atoms with E-state index in [4.69, 9.17) is 5.73 Å². The van der Waals surface area contributed by atoms with Crippen LogP contribution in [0.3, 0.4) is 0 Å². The molecular weight excluding hydrogens is 253 g/mol. The Morgan fingerprint density at radius 2 is 1.80 bits per heavy atom. The Balaban J connectivity index is 2.23. The number of rotatable bonds is 2. The van der Waals surface area contributed by atoms with Crippen LogP contribution in [0.2, 0.25) is 0 Å². The zero-order valence-corrected chi connectivity index (χ0v) is 11.4. The quantitative estimate of drug-likeness (QED) is 0.691. The molecule has 0 atom stereocenters. The van der Waals surface area contributed by atoms with Crippen LogP contribution in [0.4, 0.5) is 21.5 Å². The molecule has 0 radical (unpaired) electrons. The van der Waals surface area contributed by atoms with Crippen LogP contribution < -0.4 is 10.6 Å². The number of para-hydroxylation sites is 2. The van der Waals surface area contributed by atoms with Crippen molar-refractivity contribution in [1.29, 1.82) is 0 Å². The van der Waals surface area contributed by atoms with Gasteiger partial charge in [-0.1, -0.05) is 24.3 Å². The molecule has 0 bridgehead atoms. The van der Waals surface area contributed by atoms with Gasteiger partial charge in [0.1, 0.15) is 11.5 Å². The van der Waals surface area contributed by atoms with Gasteiger partial charge in [0.15, 0.2) is 0 Å². The normalized spacial score (nSPS) is 10.9. The maximum Gasteiger partial charge on any atom is 0.148 e. The highest BCUT2D eigenvalue weighted by Gasteiger charge is 2.18. The molecule has 102 valence electrons. The molecule has 0 fully saturated rings. The molecule has 3 aromatic rings. The summed E-state index contributed by atoms with van der Waals surface area (Å²) in [5.74, 6) is -0.322. The topological polar surface area (TPSA) is 45.0 Å². The number of aryl methyl sites for hydroxylation is 1. The second-order valence-electron chi connectivity index (χ2n) is 4.88. The summed E-state index contributed by atoms with van der Waals surface area (Å²) in [7, 11) is 1.83. The molecule has 0 spiro atoms. The Hall–Kier alpha value is -2.49. The van der Waals surface area contributed by atoms with Crippen molar-refractivity contribution in [3.8, 4) is 0 Å². The van der Waals surface area contributed by atoms with Crippen LogP contribution in [-0.2, 0) is 0 Å². The third-order valence-electron chi connectivity index (χ3n) is 3.55. The molecule has 0 unspecified atom stereocenters.